The molecule has 12 heteroatoms. The first-order valence-electron chi connectivity index (χ1n) is 13.6. The zero-order valence-electron chi connectivity index (χ0n) is 23.3. The zero-order valence-corrected chi connectivity index (χ0v) is 24.2. The van der Waals surface area contributed by atoms with Crippen LogP contribution in [0.5, 0.6) is 0 Å². The molecule has 3 amide bonds. The minimum atomic E-state index is -3.18. The quantitative estimate of drug-likeness (QED) is 0.296. The van der Waals surface area contributed by atoms with Crippen molar-refractivity contribution < 1.29 is 22.4 Å². The zero-order chi connectivity index (χ0) is 29.0. The van der Waals surface area contributed by atoms with Crippen LogP contribution in [0.3, 0.4) is 0 Å². The van der Waals surface area contributed by atoms with Crippen molar-refractivity contribution >= 4 is 27.5 Å². The first-order valence-corrected chi connectivity index (χ1v) is 15.5. The van der Waals surface area contributed by atoms with E-state index in [-0.39, 0.29) is 42.3 Å². The highest BCUT2D eigenvalue weighted by Crippen LogP contribution is 2.25. The van der Waals surface area contributed by atoms with E-state index in [1.165, 1.54) is 21.9 Å². The van der Waals surface area contributed by atoms with Crippen LogP contribution in [0.1, 0.15) is 42.3 Å². The van der Waals surface area contributed by atoms with Crippen LogP contribution in [0.25, 0.3) is 0 Å². The first kappa shape index (κ1) is 29.9. The van der Waals surface area contributed by atoms with Crippen LogP contribution in [-0.4, -0.2) is 91.4 Å². The summed E-state index contributed by atoms with van der Waals surface area (Å²) in [6.07, 6.45) is 0. The van der Waals surface area contributed by atoms with Gasteiger partial charge in [0, 0.05) is 61.6 Å². The number of nitrogen functional groups attached to an aromatic ring is 1. The van der Waals surface area contributed by atoms with Crippen molar-refractivity contribution in [1.29, 1.82) is 0 Å². The van der Waals surface area contributed by atoms with Gasteiger partial charge in [-0.25, -0.2) is 23.4 Å². The molecular weight excluding hydrogens is 535 g/mol. The summed E-state index contributed by atoms with van der Waals surface area (Å²) < 4.78 is 38.9. The van der Waals surface area contributed by atoms with Crippen molar-refractivity contribution in [2.24, 2.45) is 5.84 Å². The van der Waals surface area contributed by atoms with Crippen molar-refractivity contribution in [2.75, 3.05) is 49.1 Å². The SMILES string of the molecule is CCN1C[C@@H](C)N(Cc2ccc(N(Cc3ccc(C(=O)NN)cc3F)C(=O)N3CCS(=O)(=O)CC3)cc2)[C@@H](C)C1. The number of nitrogens with zero attached hydrogens (tertiary/aromatic N) is 4. The molecule has 2 saturated heterocycles. The van der Waals surface area contributed by atoms with Crippen molar-refractivity contribution in [2.45, 2.75) is 45.9 Å². The number of carbonyl (C=O) groups excluding carboxylic acids is 2. The Morgan fingerprint density at radius 3 is 2.23 bits per heavy atom. The number of hydrogen-bond donors (Lipinski definition) is 2. The fraction of sp³-hybridized carbons (Fsp3) is 0.500. The number of rotatable bonds is 7. The van der Waals surface area contributed by atoms with E-state index < -0.39 is 27.6 Å². The third-order valence-electron chi connectivity index (χ3n) is 7.86. The standard InChI is InChI=1S/C28H39FN6O4S/c1-4-32-16-20(2)34(21(3)17-32)18-22-5-9-25(10-6-22)35(28(37)33-11-13-40(38,39)14-12-33)19-24-8-7-23(15-26(24)29)27(36)31-30/h5-10,15,20-21H,4,11-14,16-19,30H2,1-3H3,(H,31,36)/t20-,21+. The summed E-state index contributed by atoms with van der Waals surface area (Å²) in [6, 6.07) is 12.0. The van der Waals surface area contributed by atoms with E-state index in [0.29, 0.717) is 17.8 Å². The molecule has 0 unspecified atom stereocenters. The third-order valence-corrected chi connectivity index (χ3v) is 9.47. The molecule has 2 fully saturated rings. The molecule has 4 rings (SSSR count). The number of anilines is 1. The lowest BCUT2D eigenvalue weighted by molar-refractivity contribution is 0.0356. The normalized spacial score (nSPS) is 21.7. The number of carbonyl (C=O) groups is 2. The van der Waals surface area contributed by atoms with Crippen molar-refractivity contribution in [3.05, 3.63) is 65.0 Å². The van der Waals surface area contributed by atoms with Gasteiger partial charge in [0.15, 0.2) is 9.84 Å². The Bertz CT molecular complexity index is 1300. The van der Waals surface area contributed by atoms with E-state index >= 15 is 4.39 Å². The number of amides is 3. The maximum absolute atomic E-state index is 15.0. The number of benzene rings is 2. The number of sulfone groups is 1. The molecule has 2 aromatic rings. The molecule has 0 saturated carbocycles. The van der Waals surface area contributed by atoms with Crippen molar-refractivity contribution in [1.82, 2.24) is 20.1 Å². The molecule has 0 bridgehead atoms. The summed E-state index contributed by atoms with van der Waals surface area (Å²) in [5.41, 5.74) is 3.93. The second-order valence-electron chi connectivity index (χ2n) is 10.7. The lowest BCUT2D eigenvalue weighted by Crippen LogP contribution is -2.55. The van der Waals surface area contributed by atoms with Gasteiger partial charge in [0.05, 0.1) is 18.1 Å². The number of nitrogens with two attached hydrogens (primary N) is 1. The molecule has 0 spiro atoms. The maximum atomic E-state index is 15.0. The molecule has 40 heavy (non-hydrogen) atoms. The minimum absolute atomic E-state index is 0.0652. The number of likely N-dealkylation sites (N-methyl/N-ethyl adjacent to an activating group) is 1. The van der Waals surface area contributed by atoms with Gasteiger partial charge in [-0.1, -0.05) is 25.1 Å². The molecule has 2 atom stereocenters. The van der Waals surface area contributed by atoms with Crippen LogP contribution in [-0.2, 0) is 22.9 Å². The van der Waals surface area contributed by atoms with E-state index in [4.69, 9.17) is 5.84 Å². The average molecular weight is 575 g/mol. The van der Waals surface area contributed by atoms with Crippen LogP contribution < -0.4 is 16.2 Å². The minimum Gasteiger partial charge on any atom is -0.322 e. The number of hydrogen-bond acceptors (Lipinski definition) is 7. The van der Waals surface area contributed by atoms with Crippen LogP contribution >= 0.6 is 0 Å². The predicted molar refractivity (Wildman–Crippen MR) is 153 cm³/mol. The average Bonchev–Trinajstić information content (AvgIpc) is 2.93. The van der Waals surface area contributed by atoms with E-state index in [1.807, 2.05) is 29.7 Å². The lowest BCUT2D eigenvalue weighted by atomic mass is 10.1. The molecule has 2 heterocycles. The molecule has 2 aliphatic heterocycles. The monoisotopic (exact) mass is 574 g/mol. The van der Waals surface area contributed by atoms with Gasteiger partial charge in [-0.3, -0.25) is 20.0 Å². The number of piperazine rings is 1. The van der Waals surface area contributed by atoms with Crippen LogP contribution in [0, 0.1) is 5.82 Å². The summed E-state index contributed by atoms with van der Waals surface area (Å²) >= 11 is 0. The fourth-order valence-corrected chi connectivity index (χ4v) is 6.64. The highest BCUT2D eigenvalue weighted by atomic mass is 32.2. The Hall–Kier alpha value is -3.06. The van der Waals surface area contributed by atoms with E-state index in [1.54, 1.807) is 0 Å². The van der Waals surface area contributed by atoms with Gasteiger partial charge in [0.25, 0.3) is 5.91 Å². The predicted octanol–water partition coefficient (Wildman–Crippen LogP) is 2.20. The molecule has 10 nitrogen and oxygen atoms in total. The van der Waals surface area contributed by atoms with Gasteiger partial charge < -0.3 is 9.80 Å². The fourth-order valence-electron chi connectivity index (χ4n) is 5.44. The highest BCUT2D eigenvalue weighted by molar-refractivity contribution is 7.91. The van der Waals surface area contributed by atoms with E-state index in [2.05, 4.69) is 30.6 Å². The molecular formula is C28H39FN6O4S. The second kappa shape index (κ2) is 12.6. The second-order valence-corrected chi connectivity index (χ2v) is 13.0. The Kier molecular flexibility index (Phi) is 9.44. The summed E-state index contributed by atoms with van der Waals surface area (Å²) in [4.78, 5) is 33.3. The third kappa shape index (κ3) is 6.98. The highest BCUT2D eigenvalue weighted by Gasteiger charge is 2.31. The van der Waals surface area contributed by atoms with Crippen LogP contribution in [0.15, 0.2) is 42.5 Å². The molecule has 3 N–H and O–H groups in total. The van der Waals surface area contributed by atoms with Gasteiger partial charge in [0.1, 0.15) is 5.82 Å². The molecule has 2 aliphatic rings. The van der Waals surface area contributed by atoms with Gasteiger partial charge in [-0.2, -0.15) is 0 Å². The Labute approximate surface area is 235 Å². The summed E-state index contributed by atoms with van der Waals surface area (Å²) in [5.74, 6) is 3.68. The van der Waals surface area contributed by atoms with E-state index in [9.17, 15) is 18.0 Å². The molecule has 0 aliphatic carbocycles. The molecule has 218 valence electrons. The number of nitrogens with one attached hydrogen (secondary N) is 1. The van der Waals surface area contributed by atoms with E-state index in [0.717, 1.165) is 37.8 Å². The van der Waals surface area contributed by atoms with Gasteiger partial charge in [-0.05, 0) is 50.2 Å². The number of hydrazine groups is 1. The molecule has 2 aromatic carbocycles. The van der Waals surface area contributed by atoms with Crippen molar-refractivity contribution in [3.8, 4) is 0 Å². The summed E-state index contributed by atoms with van der Waals surface area (Å²) in [5, 5.41) is 0. The van der Waals surface area contributed by atoms with Crippen LogP contribution in [0.2, 0.25) is 0 Å². The molecule has 0 aromatic heterocycles. The Morgan fingerprint density at radius 2 is 1.68 bits per heavy atom. The molecule has 0 radical (unpaired) electrons. The Balaban J connectivity index is 1.57. The largest absolute Gasteiger partial charge is 0.324 e. The van der Waals surface area contributed by atoms with Gasteiger partial charge in [0.2, 0.25) is 0 Å². The van der Waals surface area contributed by atoms with Gasteiger partial charge in [-0.15, -0.1) is 0 Å². The first-order chi connectivity index (χ1) is 19.0. The topological polar surface area (TPSA) is 119 Å². The summed E-state index contributed by atoms with van der Waals surface area (Å²) in [6.45, 7) is 10.6. The lowest BCUT2D eigenvalue weighted by Gasteiger charge is -2.44. The summed E-state index contributed by atoms with van der Waals surface area (Å²) in [7, 11) is -3.18. The van der Waals surface area contributed by atoms with Gasteiger partial charge >= 0.3 is 6.03 Å². The number of urea groups is 1. The van der Waals surface area contributed by atoms with Crippen molar-refractivity contribution in [3.63, 3.8) is 0 Å². The number of halogens is 1. The van der Waals surface area contributed by atoms with Crippen LogP contribution in [0.4, 0.5) is 14.9 Å². The smallest absolute Gasteiger partial charge is 0.322 e. The Morgan fingerprint density at radius 1 is 1.05 bits per heavy atom. The maximum Gasteiger partial charge on any atom is 0.324 e.